The van der Waals surface area contributed by atoms with Gasteiger partial charge in [0.15, 0.2) is 0 Å². The van der Waals surface area contributed by atoms with E-state index in [2.05, 4.69) is 15.2 Å². The Bertz CT molecular complexity index is 1350. The van der Waals surface area contributed by atoms with Crippen LogP contribution in [0.4, 0.5) is 14.6 Å². The SMILES string of the molecule is C[C@@H]1CN(c2cccc(-c3ccc4cnc(CC(=O)NCCS(=O)(=O)C(F)F)cc4n3)n2)C[C@H](C)O1. The average Bonchev–Trinajstić information content (AvgIpc) is 2.83. The molecule has 36 heavy (non-hydrogen) atoms. The van der Waals surface area contributed by atoms with Crippen molar-refractivity contribution in [3.63, 3.8) is 0 Å². The maximum atomic E-state index is 12.4. The second-order valence-electron chi connectivity index (χ2n) is 8.76. The lowest BCUT2D eigenvalue weighted by Crippen LogP contribution is -2.45. The first kappa shape index (κ1) is 25.8. The van der Waals surface area contributed by atoms with Gasteiger partial charge in [-0.25, -0.2) is 18.4 Å². The number of alkyl halides is 2. The van der Waals surface area contributed by atoms with Gasteiger partial charge in [-0.1, -0.05) is 6.07 Å². The van der Waals surface area contributed by atoms with Gasteiger partial charge in [-0.2, -0.15) is 8.78 Å². The Balaban J connectivity index is 1.47. The zero-order valence-corrected chi connectivity index (χ0v) is 20.7. The summed E-state index contributed by atoms with van der Waals surface area (Å²) in [5.41, 5.74) is 2.40. The summed E-state index contributed by atoms with van der Waals surface area (Å²) in [6, 6.07) is 11.2. The number of ether oxygens (including phenoxy) is 1. The Morgan fingerprint density at radius 1 is 1.14 bits per heavy atom. The van der Waals surface area contributed by atoms with Gasteiger partial charge in [0.1, 0.15) is 5.82 Å². The summed E-state index contributed by atoms with van der Waals surface area (Å²) in [7, 11) is -4.53. The number of nitrogens with one attached hydrogen (secondary N) is 1. The molecule has 0 spiro atoms. The molecule has 9 nitrogen and oxygen atoms in total. The van der Waals surface area contributed by atoms with E-state index in [9.17, 15) is 22.0 Å². The molecule has 0 aromatic carbocycles. The first-order valence-corrected chi connectivity index (χ1v) is 13.2. The molecule has 1 N–H and O–H groups in total. The third-order valence-corrected chi connectivity index (χ3v) is 7.01. The van der Waals surface area contributed by atoms with Crippen LogP contribution in [0.2, 0.25) is 0 Å². The van der Waals surface area contributed by atoms with Gasteiger partial charge in [0.2, 0.25) is 15.7 Å². The van der Waals surface area contributed by atoms with E-state index in [0.29, 0.717) is 22.6 Å². The number of nitrogens with zero attached hydrogens (tertiary/aromatic N) is 4. The molecule has 0 bridgehead atoms. The van der Waals surface area contributed by atoms with Crippen molar-refractivity contribution in [2.45, 2.75) is 38.2 Å². The summed E-state index contributed by atoms with van der Waals surface area (Å²) in [5, 5.41) is 3.11. The van der Waals surface area contributed by atoms with Crippen LogP contribution in [-0.4, -0.2) is 72.6 Å². The molecule has 1 saturated heterocycles. The molecule has 4 rings (SSSR count). The highest BCUT2D eigenvalue weighted by Gasteiger charge is 2.24. The molecule has 3 aromatic heterocycles. The number of halogens is 2. The van der Waals surface area contributed by atoms with Crippen LogP contribution < -0.4 is 10.2 Å². The summed E-state index contributed by atoms with van der Waals surface area (Å²) in [6.07, 6.45) is 1.67. The van der Waals surface area contributed by atoms with Crippen LogP contribution in [0.25, 0.3) is 22.3 Å². The number of amides is 1. The Kier molecular flexibility index (Phi) is 7.74. The van der Waals surface area contributed by atoms with Crippen LogP contribution in [0.1, 0.15) is 19.5 Å². The second kappa shape index (κ2) is 10.8. The highest BCUT2D eigenvalue weighted by Crippen LogP contribution is 2.24. The van der Waals surface area contributed by atoms with Crippen LogP contribution in [0.5, 0.6) is 0 Å². The predicted molar refractivity (Wildman–Crippen MR) is 131 cm³/mol. The molecule has 192 valence electrons. The molecule has 0 unspecified atom stereocenters. The molecule has 3 aromatic rings. The monoisotopic (exact) mass is 519 g/mol. The first-order chi connectivity index (χ1) is 17.1. The third kappa shape index (κ3) is 6.30. The van der Waals surface area contributed by atoms with E-state index in [4.69, 9.17) is 14.7 Å². The maximum Gasteiger partial charge on any atom is 0.336 e. The first-order valence-electron chi connectivity index (χ1n) is 11.5. The Labute approximate surface area is 207 Å². The van der Waals surface area contributed by atoms with Crippen molar-refractivity contribution in [2.24, 2.45) is 0 Å². The van der Waals surface area contributed by atoms with E-state index < -0.39 is 33.8 Å². The van der Waals surface area contributed by atoms with Crippen molar-refractivity contribution in [3.8, 4) is 11.4 Å². The van der Waals surface area contributed by atoms with Gasteiger partial charge in [-0.05, 0) is 44.2 Å². The topological polar surface area (TPSA) is 114 Å². The lowest BCUT2D eigenvalue weighted by atomic mass is 10.1. The zero-order valence-electron chi connectivity index (χ0n) is 19.9. The van der Waals surface area contributed by atoms with Crippen LogP contribution in [-0.2, 0) is 25.8 Å². The largest absolute Gasteiger partial charge is 0.372 e. The van der Waals surface area contributed by atoms with Gasteiger partial charge in [0.05, 0.1) is 47.0 Å². The Morgan fingerprint density at radius 2 is 1.86 bits per heavy atom. The van der Waals surface area contributed by atoms with Crippen molar-refractivity contribution in [1.82, 2.24) is 20.3 Å². The number of pyridine rings is 3. The number of morpholine rings is 1. The number of hydrogen-bond donors (Lipinski definition) is 1. The van der Waals surface area contributed by atoms with Crippen molar-refractivity contribution in [2.75, 3.05) is 30.3 Å². The Hall–Kier alpha value is -3.25. The molecule has 2 atom stereocenters. The molecular weight excluding hydrogens is 492 g/mol. The molecule has 0 radical (unpaired) electrons. The number of carbonyl (C=O) groups excluding carboxylic acids is 1. The minimum Gasteiger partial charge on any atom is -0.372 e. The minimum absolute atomic E-state index is 0.106. The van der Waals surface area contributed by atoms with Gasteiger partial charge >= 0.3 is 5.76 Å². The highest BCUT2D eigenvalue weighted by atomic mass is 32.2. The number of rotatable bonds is 8. The summed E-state index contributed by atoms with van der Waals surface area (Å²) in [6.45, 7) is 5.17. The molecule has 1 amide bonds. The molecule has 1 fully saturated rings. The number of sulfone groups is 1. The van der Waals surface area contributed by atoms with Crippen molar-refractivity contribution < 1.29 is 26.7 Å². The lowest BCUT2D eigenvalue weighted by molar-refractivity contribution is -0.120. The standard InChI is InChI=1S/C24H27F2N5O4S/c1-15-13-31(14-16(2)35-15)22-5-3-4-19(30-22)20-7-6-17-12-28-18(10-21(17)29-20)11-23(32)27-8-9-36(33,34)24(25)26/h3-7,10,12,15-16,24H,8-9,11,13-14H2,1-2H3,(H,27,32)/t15-,16+. The predicted octanol–water partition coefficient (Wildman–Crippen LogP) is 2.60. The van der Waals surface area contributed by atoms with Crippen LogP contribution in [0, 0.1) is 0 Å². The van der Waals surface area contributed by atoms with Gasteiger partial charge in [0, 0.05) is 31.2 Å². The van der Waals surface area contributed by atoms with E-state index in [0.717, 1.165) is 24.3 Å². The zero-order chi connectivity index (χ0) is 25.9. The van der Waals surface area contributed by atoms with Gasteiger partial charge in [-0.3, -0.25) is 9.78 Å². The van der Waals surface area contributed by atoms with Crippen molar-refractivity contribution in [3.05, 3.63) is 48.3 Å². The highest BCUT2D eigenvalue weighted by molar-refractivity contribution is 7.91. The fourth-order valence-electron chi connectivity index (χ4n) is 4.05. The van der Waals surface area contributed by atoms with Crippen molar-refractivity contribution >= 4 is 32.5 Å². The molecule has 1 aliphatic rings. The van der Waals surface area contributed by atoms with Crippen LogP contribution in [0.3, 0.4) is 0 Å². The molecule has 1 aliphatic heterocycles. The van der Waals surface area contributed by atoms with Gasteiger partial charge in [-0.15, -0.1) is 0 Å². The normalized spacial score (nSPS) is 18.5. The van der Waals surface area contributed by atoms with Crippen molar-refractivity contribution in [1.29, 1.82) is 0 Å². The lowest BCUT2D eigenvalue weighted by Gasteiger charge is -2.36. The minimum atomic E-state index is -4.53. The molecule has 0 aliphatic carbocycles. The number of aromatic nitrogens is 3. The number of anilines is 1. The summed E-state index contributed by atoms with van der Waals surface area (Å²) >= 11 is 0. The summed E-state index contributed by atoms with van der Waals surface area (Å²) in [4.78, 5) is 28.1. The second-order valence-corrected chi connectivity index (χ2v) is 10.9. The molecule has 4 heterocycles. The van der Waals surface area contributed by atoms with Gasteiger partial charge < -0.3 is 15.0 Å². The number of hydrogen-bond acceptors (Lipinski definition) is 8. The molecular formula is C24H27F2N5O4S. The summed E-state index contributed by atoms with van der Waals surface area (Å²) < 4.78 is 53.0. The Morgan fingerprint density at radius 3 is 2.58 bits per heavy atom. The fourth-order valence-corrected chi connectivity index (χ4v) is 4.62. The average molecular weight is 520 g/mol. The van der Waals surface area contributed by atoms with E-state index in [1.54, 1.807) is 12.3 Å². The fraction of sp³-hybridized carbons (Fsp3) is 0.417. The molecule has 0 saturated carbocycles. The van der Waals surface area contributed by atoms with Gasteiger partial charge in [0.25, 0.3) is 0 Å². The van der Waals surface area contributed by atoms with E-state index >= 15 is 0 Å². The molecule has 12 heteroatoms. The van der Waals surface area contributed by atoms with E-state index in [1.165, 1.54) is 0 Å². The van der Waals surface area contributed by atoms with E-state index in [-0.39, 0.29) is 18.6 Å². The van der Waals surface area contributed by atoms with E-state index in [1.807, 2.05) is 44.2 Å². The summed E-state index contributed by atoms with van der Waals surface area (Å²) in [5.74, 6) is -3.97. The third-order valence-electron chi connectivity index (χ3n) is 5.69. The van der Waals surface area contributed by atoms with Crippen LogP contribution in [0.15, 0.2) is 42.6 Å². The van der Waals surface area contributed by atoms with Crippen LogP contribution >= 0.6 is 0 Å². The number of carbonyl (C=O) groups is 1. The quantitative estimate of drug-likeness (QED) is 0.483. The number of fused-ring (bicyclic) bond motifs is 1. The smallest absolute Gasteiger partial charge is 0.336 e. The maximum absolute atomic E-state index is 12.4.